The fourth-order valence-corrected chi connectivity index (χ4v) is 2.18. The van der Waals surface area contributed by atoms with Gasteiger partial charge in [-0.2, -0.15) is 5.26 Å². The first kappa shape index (κ1) is 12.7. The molecule has 4 heteroatoms. The number of pyridine rings is 1. The van der Waals surface area contributed by atoms with Gasteiger partial charge >= 0.3 is 0 Å². The second kappa shape index (κ2) is 4.83. The highest BCUT2D eigenvalue weighted by atomic mass is 35.5. The molecule has 92 valence electrons. The van der Waals surface area contributed by atoms with Crippen LogP contribution in [0.5, 0.6) is 0 Å². The molecule has 1 aromatic carbocycles. The Balaban J connectivity index is 2.87. The smallest absolute Gasteiger partial charge is 0.0992 e. The van der Waals surface area contributed by atoms with Crippen LogP contribution in [0.15, 0.2) is 18.2 Å². The van der Waals surface area contributed by atoms with E-state index in [0.717, 1.165) is 28.7 Å². The average Bonchev–Trinajstić information content (AvgIpc) is 2.37. The minimum absolute atomic E-state index is 0.596. The van der Waals surface area contributed by atoms with Gasteiger partial charge < -0.3 is 4.90 Å². The van der Waals surface area contributed by atoms with Crippen molar-refractivity contribution in [1.29, 1.82) is 5.26 Å². The molecule has 2 aromatic rings. The minimum atomic E-state index is 0.596. The number of nitrogens with zero attached hydrogens (tertiary/aromatic N) is 3. The van der Waals surface area contributed by atoms with Crippen LogP contribution < -0.4 is 4.90 Å². The van der Waals surface area contributed by atoms with E-state index in [-0.39, 0.29) is 0 Å². The van der Waals surface area contributed by atoms with Gasteiger partial charge in [0.2, 0.25) is 0 Å². The van der Waals surface area contributed by atoms with Gasteiger partial charge in [0.15, 0.2) is 0 Å². The Bertz CT molecular complexity index is 642. The third-order valence-corrected chi connectivity index (χ3v) is 3.18. The number of aryl methyl sites for hydroxylation is 1. The Kier molecular flexibility index (Phi) is 3.40. The Morgan fingerprint density at radius 1 is 1.33 bits per heavy atom. The zero-order chi connectivity index (χ0) is 13.3. The summed E-state index contributed by atoms with van der Waals surface area (Å²) in [5.41, 5.74) is 3.32. The van der Waals surface area contributed by atoms with Crippen molar-refractivity contribution >= 4 is 28.2 Å². The monoisotopic (exact) mass is 259 g/mol. The Hall–Kier alpha value is -1.79. The molecular formula is C14H14ClN3. The van der Waals surface area contributed by atoms with Gasteiger partial charge in [-0.3, -0.25) is 4.98 Å². The molecule has 0 N–H and O–H groups in total. The normalized spacial score (nSPS) is 10.4. The first-order chi connectivity index (χ1) is 8.56. The minimum Gasteiger partial charge on any atom is -0.376 e. The Labute approximate surface area is 112 Å². The van der Waals surface area contributed by atoms with Gasteiger partial charge in [-0.1, -0.05) is 18.5 Å². The molecule has 18 heavy (non-hydrogen) atoms. The summed E-state index contributed by atoms with van der Waals surface area (Å²) in [5, 5.41) is 10.5. The zero-order valence-corrected chi connectivity index (χ0v) is 11.4. The molecule has 0 saturated heterocycles. The molecule has 3 nitrogen and oxygen atoms in total. The number of hydrogen-bond donors (Lipinski definition) is 0. The lowest BCUT2D eigenvalue weighted by molar-refractivity contribution is 1.05. The van der Waals surface area contributed by atoms with Crippen molar-refractivity contribution < 1.29 is 0 Å². The molecule has 0 saturated carbocycles. The maximum absolute atomic E-state index is 9.06. The van der Waals surface area contributed by atoms with Gasteiger partial charge in [-0.05, 0) is 24.6 Å². The van der Waals surface area contributed by atoms with Crippen molar-refractivity contribution in [3.8, 4) is 6.07 Å². The molecule has 1 heterocycles. The van der Waals surface area contributed by atoms with E-state index in [1.54, 1.807) is 6.07 Å². The summed E-state index contributed by atoms with van der Waals surface area (Å²) < 4.78 is 0. The molecule has 0 amide bonds. The summed E-state index contributed by atoms with van der Waals surface area (Å²) in [7, 11) is 3.87. The fraction of sp³-hybridized carbons (Fsp3) is 0.286. The van der Waals surface area contributed by atoms with Gasteiger partial charge in [0, 0.05) is 25.2 Å². The first-order valence-corrected chi connectivity index (χ1v) is 6.15. The number of halogens is 1. The van der Waals surface area contributed by atoms with Crippen molar-refractivity contribution in [2.75, 3.05) is 19.0 Å². The van der Waals surface area contributed by atoms with Gasteiger partial charge in [0.05, 0.1) is 27.9 Å². The molecule has 0 spiro atoms. The van der Waals surface area contributed by atoms with Crippen molar-refractivity contribution in [2.24, 2.45) is 0 Å². The molecule has 0 aliphatic carbocycles. The summed E-state index contributed by atoms with van der Waals surface area (Å²) in [6.45, 7) is 2.05. The van der Waals surface area contributed by atoms with Gasteiger partial charge in [-0.25, -0.2) is 0 Å². The van der Waals surface area contributed by atoms with E-state index in [1.807, 2.05) is 38.1 Å². The number of anilines is 1. The van der Waals surface area contributed by atoms with Crippen LogP contribution in [0.4, 0.5) is 5.69 Å². The number of fused-ring (bicyclic) bond motifs is 1. The lowest BCUT2D eigenvalue weighted by atomic mass is 10.1. The van der Waals surface area contributed by atoms with E-state index in [9.17, 15) is 0 Å². The molecule has 1 aromatic heterocycles. The van der Waals surface area contributed by atoms with E-state index in [1.165, 1.54) is 0 Å². The Morgan fingerprint density at radius 3 is 2.61 bits per heavy atom. The van der Waals surface area contributed by atoms with Crippen LogP contribution in [-0.2, 0) is 6.42 Å². The molecular weight excluding hydrogens is 246 g/mol. The summed E-state index contributed by atoms with van der Waals surface area (Å²) in [6.07, 6.45) is 0.836. The van der Waals surface area contributed by atoms with E-state index in [0.29, 0.717) is 10.6 Å². The lowest BCUT2D eigenvalue weighted by Crippen LogP contribution is -2.10. The largest absolute Gasteiger partial charge is 0.376 e. The van der Waals surface area contributed by atoms with Crippen molar-refractivity contribution in [3.63, 3.8) is 0 Å². The van der Waals surface area contributed by atoms with Crippen molar-refractivity contribution in [1.82, 2.24) is 4.98 Å². The predicted molar refractivity (Wildman–Crippen MR) is 75.2 cm³/mol. The molecule has 2 rings (SSSR count). The van der Waals surface area contributed by atoms with Crippen LogP contribution in [0, 0.1) is 11.3 Å². The predicted octanol–water partition coefficient (Wildman–Crippen LogP) is 3.39. The maximum Gasteiger partial charge on any atom is 0.0992 e. The number of rotatable bonds is 2. The standard InChI is InChI=1S/C14H14ClN3/c1-4-10-7-12(15)11-5-9(8-16)6-13(18(2)3)14(11)17-10/h5-7H,4H2,1-3H3. The second-order valence-electron chi connectivity index (χ2n) is 4.35. The number of hydrogen-bond acceptors (Lipinski definition) is 3. The summed E-state index contributed by atoms with van der Waals surface area (Å²) >= 11 is 6.28. The molecule has 0 aliphatic rings. The first-order valence-electron chi connectivity index (χ1n) is 5.77. The van der Waals surface area contributed by atoms with E-state index < -0.39 is 0 Å². The van der Waals surface area contributed by atoms with Crippen molar-refractivity contribution in [2.45, 2.75) is 13.3 Å². The molecule has 0 radical (unpaired) electrons. The molecule has 0 aliphatic heterocycles. The van der Waals surface area contributed by atoms with Gasteiger partial charge in [0.25, 0.3) is 0 Å². The molecule has 0 bridgehead atoms. The Morgan fingerprint density at radius 2 is 2.06 bits per heavy atom. The molecule has 0 atom stereocenters. The topological polar surface area (TPSA) is 39.9 Å². The lowest BCUT2D eigenvalue weighted by Gasteiger charge is -2.16. The molecule has 0 unspecified atom stereocenters. The highest BCUT2D eigenvalue weighted by molar-refractivity contribution is 6.35. The highest BCUT2D eigenvalue weighted by Crippen LogP contribution is 2.31. The molecule has 0 fully saturated rings. The van der Waals surface area contributed by atoms with E-state index >= 15 is 0 Å². The highest BCUT2D eigenvalue weighted by Gasteiger charge is 2.11. The average molecular weight is 260 g/mol. The number of nitriles is 1. The third-order valence-electron chi connectivity index (χ3n) is 2.87. The van der Waals surface area contributed by atoms with Crippen molar-refractivity contribution in [3.05, 3.63) is 34.5 Å². The van der Waals surface area contributed by atoms with Crippen LogP contribution in [-0.4, -0.2) is 19.1 Å². The summed E-state index contributed by atoms with van der Waals surface area (Å²) in [4.78, 5) is 6.57. The van der Waals surface area contributed by atoms with E-state index in [4.69, 9.17) is 16.9 Å². The number of benzene rings is 1. The fourth-order valence-electron chi connectivity index (χ4n) is 1.91. The summed E-state index contributed by atoms with van der Waals surface area (Å²) in [6, 6.07) is 7.65. The SMILES string of the molecule is CCc1cc(Cl)c2cc(C#N)cc(N(C)C)c2n1. The van der Waals surface area contributed by atoms with Crippen LogP contribution in [0.1, 0.15) is 18.2 Å². The van der Waals surface area contributed by atoms with Crippen LogP contribution in [0.2, 0.25) is 5.02 Å². The summed E-state index contributed by atoms with van der Waals surface area (Å²) in [5.74, 6) is 0. The second-order valence-corrected chi connectivity index (χ2v) is 4.75. The van der Waals surface area contributed by atoms with Crippen LogP contribution in [0.25, 0.3) is 10.9 Å². The van der Waals surface area contributed by atoms with Gasteiger partial charge in [-0.15, -0.1) is 0 Å². The maximum atomic E-state index is 9.06. The van der Waals surface area contributed by atoms with Crippen LogP contribution >= 0.6 is 11.6 Å². The zero-order valence-electron chi connectivity index (χ0n) is 10.7. The van der Waals surface area contributed by atoms with Crippen LogP contribution in [0.3, 0.4) is 0 Å². The quantitative estimate of drug-likeness (QED) is 0.830. The van der Waals surface area contributed by atoms with E-state index in [2.05, 4.69) is 11.1 Å². The number of aromatic nitrogens is 1. The van der Waals surface area contributed by atoms with Gasteiger partial charge in [0.1, 0.15) is 0 Å². The third kappa shape index (κ3) is 2.12.